The number of H-pyrrole nitrogens is 1. The Morgan fingerprint density at radius 1 is 1.19 bits per heavy atom. The van der Waals surface area contributed by atoms with E-state index in [0.29, 0.717) is 22.4 Å². The Kier molecular flexibility index (Phi) is 5.32. The molecule has 0 aliphatic rings. The van der Waals surface area contributed by atoms with E-state index in [4.69, 9.17) is 25.8 Å². The number of benzene rings is 2. The Labute approximate surface area is 159 Å². The van der Waals surface area contributed by atoms with Crippen molar-refractivity contribution in [2.24, 2.45) is 0 Å². The second-order valence-corrected chi connectivity index (χ2v) is 6.12. The van der Waals surface area contributed by atoms with Crippen LogP contribution in [0.5, 0.6) is 11.5 Å². The molecule has 7 nitrogen and oxygen atoms in total. The Morgan fingerprint density at radius 2 is 1.93 bits per heavy atom. The second kappa shape index (κ2) is 7.67. The maximum atomic E-state index is 12.5. The first kappa shape index (κ1) is 18.7. The zero-order valence-electron chi connectivity index (χ0n) is 14.9. The number of hydrogen-bond donors (Lipinski definition) is 1. The molecule has 0 bridgehead atoms. The molecule has 1 N–H and O–H groups in total. The number of para-hydroxylation sites is 1. The third kappa shape index (κ3) is 3.73. The quantitative estimate of drug-likeness (QED) is 0.672. The normalized spacial score (nSPS) is 11.9. The number of fused-ring (bicyclic) bond motifs is 1. The van der Waals surface area contributed by atoms with Gasteiger partial charge in [-0.25, -0.2) is 9.78 Å². The van der Waals surface area contributed by atoms with Crippen LogP contribution < -0.4 is 15.0 Å². The van der Waals surface area contributed by atoms with Crippen LogP contribution in [-0.4, -0.2) is 30.2 Å². The van der Waals surface area contributed by atoms with Crippen LogP contribution >= 0.6 is 11.6 Å². The van der Waals surface area contributed by atoms with E-state index in [1.54, 1.807) is 31.2 Å². The monoisotopic (exact) mass is 388 g/mol. The van der Waals surface area contributed by atoms with Gasteiger partial charge in [-0.1, -0.05) is 23.7 Å². The molecule has 0 amide bonds. The standard InChI is InChI=1S/C19H17ClN2O5/c1-10(17-21-14-7-5-4-6-12(14)18(23)22-17)27-19(24)11-8-13(20)16(26-3)15(9-11)25-2/h4-10H,1-3H3,(H,21,22,23). The SMILES string of the molecule is COc1cc(C(=O)OC(C)c2nc3ccccc3c(=O)[nH]2)cc(Cl)c1OC. The molecular formula is C19H17ClN2O5. The summed E-state index contributed by atoms with van der Waals surface area (Å²) in [7, 11) is 2.89. The van der Waals surface area contributed by atoms with E-state index in [1.807, 2.05) is 0 Å². The Morgan fingerprint density at radius 3 is 2.63 bits per heavy atom. The summed E-state index contributed by atoms with van der Waals surface area (Å²) < 4.78 is 15.8. The van der Waals surface area contributed by atoms with Gasteiger partial charge in [-0.15, -0.1) is 0 Å². The van der Waals surface area contributed by atoms with Gasteiger partial charge in [-0.2, -0.15) is 0 Å². The number of rotatable bonds is 5. The van der Waals surface area contributed by atoms with Gasteiger partial charge in [0.05, 0.1) is 35.7 Å². The number of hydrogen-bond acceptors (Lipinski definition) is 6. The number of carbonyl (C=O) groups is 1. The van der Waals surface area contributed by atoms with Gasteiger partial charge in [0, 0.05) is 0 Å². The molecule has 3 rings (SSSR count). The molecule has 0 saturated heterocycles. The first-order valence-electron chi connectivity index (χ1n) is 8.06. The predicted octanol–water partition coefficient (Wildman–Crippen LogP) is 3.51. The van der Waals surface area contributed by atoms with Crippen LogP contribution in [-0.2, 0) is 4.74 Å². The number of halogens is 1. The van der Waals surface area contributed by atoms with Crippen LogP contribution in [0.4, 0.5) is 0 Å². The summed E-state index contributed by atoms with van der Waals surface area (Å²) in [4.78, 5) is 31.7. The molecule has 2 aromatic carbocycles. The molecule has 0 aliphatic heterocycles. The van der Waals surface area contributed by atoms with Gasteiger partial charge in [0.25, 0.3) is 5.56 Å². The number of esters is 1. The largest absolute Gasteiger partial charge is 0.493 e. The molecule has 3 aromatic rings. The van der Waals surface area contributed by atoms with Crippen molar-refractivity contribution in [1.82, 2.24) is 9.97 Å². The third-order valence-electron chi connectivity index (χ3n) is 3.97. The average Bonchev–Trinajstić information content (AvgIpc) is 2.67. The molecule has 140 valence electrons. The van der Waals surface area contributed by atoms with Gasteiger partial charge >= 0.3 is 5.97 Å². The van der Waals surface area contributed by atoms with Crippen molar-refractivity contribution in [3.05, 3.63) is 63.2 Å². The Bertz CT molecular complexity index is 1060. The van der Waals surface area contributed by atoms with Gasteiger partial charge in [-0.3, -0.25) is 4.79 Å². The summed E-state index contributed by atoms with van der Waals surface area (Å²) in [6, 6.07) is 9.82. The van der Waals surface area contributed by atoms with Crippen molar-refractivity contribution in [3.8, 4) is 11.5 Å². The number of aromatic nitrogens is 2. The highest BCUT2D eigenvalue weighted by molar-refractivity contribution is 6.32. The third-order valence-corrected chi connectivity index (χ3v) is 4.25. The predicted molar refractivity (Wildman–Crippen MR) is 101 cm³/mol. The van der Waals surface area contributed by atoms with E-state index < -0.39 is 12.1 Å². The van der Waals surface area contributed by atoms with E-state index >= 15 is 0 Å². The van der Waals surface area contributed by atoms with Crippen LogP contribution in [0.2, 0.25) is 5.02 Å². The van der Waals surface area contributed by atoms with Gasteiger partial charge in [-0.05, 0) is 31.2 Å². The summed E-state index contributed by atoms with van der Waals surface area (Å²) in [5, 5.41) is 0.681. The summed E-state index contributed by atoms with van der Waals surface area (Å²) in [5.74, 6) is 0.242. The van der Waals surface area contributed by atoms with E-state index in [2.05, 4.69) is 9.97 Å². The van der Waals surface area contributed by atoms with Gasteiger partial charge in [0.1, 0.15) is 0 Å². The first-order valence-corrected chi connectivity index (χ1v) is 8.44. The van der Waals surface area contributed by atoms with E-state index in [0.717, 1.165) is 0 Å². The lowest BCUT2D eigenvalue weighted by Crippen LogP contribution is -2.17. The van der Waals surface area contributed by atoms with Crippen LogP contribution in [0.3, 0.4) is 0 Å². The van der Waals surface area contributed by atoms with Crippen LogP contribution in [0.1, 0.15) is 29.2 Å². The zero-order chi connectivity index (χ0) is 19.6. The van der Waals surface area contributed by atoms with Crippen LogP contribution in [0, 0.1) is 0 Å². The topological polar surface area (TPSA) is 90.5 Å². The Hall–Kier alpha value is -3.06. The highest BCUT2D eigenvalue weighted by atomic mass is 35.5. The molecule has 0 spiro atoms. The Balaban J connectivity index is 1.88. The summed E-state index contributed by atoms with van der Waals surface area (Å²) in [6.07, 6.45) is -0.776. The second-order valence-electron chi connectivity index (χ2n) is 5.71. The van der Waals surface area contributed by atoms with Crippen LogP contribution in [0.15, 0.2) is 41.2 Å². The van der Waals surface area contributed by atoms with Crippen molar-refractivity contribution < 1.29 is 19.0 Å². The average molecular weight is 389 g/mol. The van der Waals surface area contributed by atoms with Crippen LogP contribution in [0.25, 0.3) is 10.9 Å². The van der Waals surface area contributed by atoms with Crippen molar-refractivity contribution in [1.29, 1.82) is 0 Å². The molecule has 1 aromatic heterocycles. The lowest BCUT2D eigenvalue weighted by molar-refractivity contribution is 0.0319. The molecule has 0 fully saturated rings. The molecule has 1 heterocycles. The van der Waals surface area contributed by atoms with E-state index in [9.17, 15) is 9.59 Å². The minimum atomic E-state index is -0.776. The number of ether oxygens (including phenoxy) is 3. The highest BCUT2D eigenvalue weighted by Crippen LogP contribution is 2.36. The lowest BCUT2D eigenvalue weighted by atomic mass is 10.2. The minimum absolute atomic E-state index is 0.188. The lowest BCUT2D eigenvalue weighted by Gasteiger charge is -2.15. The van der Waals surface area contributed by atoms with E-state index in [1.165, 1.54) is 26.4 Å². The fraction of sp³-hybridized carbons (Fsp3) is 0.211. The van der Waals surface area contributed by atoms with Gasteiger partial charge < -0.3 is 19.2 Å². The fourth-order valence-corrected chi connectivity index (χ4v) is 2.91. The van der Waals surface area contributed by atoms with Gasteiger partial charge in [0.15, 0.2) is 23.4 Å². The number of nitrogens with zero attached hydrogens (tertiary/aromatic N) is 1. The molecule has 0 saturated carbocycles. The molecule has 0 radical (unpaired) electrons. The molecular weight excluding hydrogens is 372 g/mol. The highest BCUT2D eigenvalue weighted by Gasteiger charge is 2.20. The maximum Gasteiger partial charge on any atom is 0.339 e. The molecule has 27 heavy (non-hydrogen) atoms. The molecule has 0 aliphatic carbocycles. The molecule has 1 atom stereocenters. The minimum Gasteiger partial charge on any atom is -0.493 e. The van der Waals surface area contributed by atoms with Gasteiger partial charge in [0.2, 0.25) is 0 Å². The summed E-state index contributed by atoms with van der Waals surface area (Å²) >= 11 is 6.12. The number of aromatic amines is 1. The number of carbonyl (C=O) groups excluding carboxylic acids is 1. The number of nitrogens with one attached hydrogen (secondary N) is 1. The fourth-order valence-electron chi connectivity index (χ4n) is 2.62. The summed E-state index contributed by atoms with van der Waals surface area (Å²) in [6.45, 7) is 1.62. The zero-order valence-corrected chi connectivity index (χ0v) is 15.7. The maximum absolute atomic E-state index is 12.5. The summed E-state index contributed by atoms with van der Waals surface area (Å²) in [5.41, 5.74) is 0.411. The number of methoxy groups -OCH3 is 2. The van der Waals surface area contributed by atoms with Crippen molar-refractivity contribution in [3.63, 3.8) is 0 Å². The van der Waals surface area contributed by atoms with Crippen molar-refractivity contribution in [2.45, 2.75) is 13.0 Å². The van der Waals surface area contributed by atoms with Crippen molar-refractivity contribution in [2.75, 3.05) is 14.2 Å². The first-order chi connectivity index (χ1) is 12.9. The smallest absolute Gasteiger partial charge is 0.339 e. The van der Waals surface area contributed by atoms with E-state index in [-0.39, 0.29) is 22.0 Å². The molecule has 8 heteroatoms. The molecule has 1 unspecified atom stereocenters. The van der Waals surface area contributed by atoms with Crippen molar-refractivity contribution >= 4 is 28.5 Å².